The van der Waals surface area contributed by atoms with Crippen molar-refractivity contribution < 1.29 is 23.6 Å². The smallest absolute Gasteiger partial charge is 0.311 e. The van der Waals surface area contributed by atoms with Crippen LogP contribution in [0.15, 0.2) is 34.9 Å². The zero-order valence-corrected chi connectivity index (χ0v) is 13.2. The molecule has 0 saturated heterocycles. The quantitative estimate of drug-likeness (QED) is 0.820. The lowest BCUT2D eigenvalue weighted by Crippen LogP contribution is -2.30. The normalized spacial score (nSPS) is 11.6. The maximum absolute atomic E-state index is 11.9. The van der Waals surface area contributed by atoms with Crippen LogP contribution in [0.3, 0.4) is 0 Å². The molecule has 1 atom stereocenters. The molecule has 0 unspecified atom stereocenters. The van der Waals surface area contributed by atoms with Crippen LogP contribution in [-0.2, 0) is 20.7 Å². The SMILES string of the molecule is COc1ccc(CC(=O)O[C@H](C)C(=O)Nc2cc(C)on2)cc1. The van der Waals surface area contributed by atoms with Crippen LogP contribution in [0.25, 0.3) is 0 Å². The summed E-state index contributed by atoms with van der Waals surface area (Å²) in [6, 6.07) is 8.62. The largest absolute Gasteiger partial charge is 0.497 e. The predicted octanol–water partition coefficient (Wildman–Crippen LogP) is 2.10. The lowest BCUT2D eigenvalue weighted by atomic mass is 10.1. The Balaban J connectivity index is 1.84. The van der Waals surface area contributed by atoms with Gasteiger partial charge in [-0.05, 0) is 31.5 Å². The molecule has 1 N–H and O–H groups in total. The topological polar surface area (TPSA) is 90.7 Å². The summed E-state index contributed by atoms with van der Waals surface area (Å²) in [6.45, 7) is 3.20. The Bertz CT molecular complexity index is 678. The van der Waals surface area contributed by atoms with Gasteiger partial charge in [-0.25, -0.2) is 0 Å². The molecule has 0 bridgehead atoms. The molecule has 2 rings (SSSR count). The van der Waals surface area contributed by atoms with Gasteiger partial charge in [0.2, 0.25) is 0 Å². The minimum absolute atomic E-state index is 0.0741. The molecule has 7 heteroatoms. The molecule has 0 fully saturated rings. The van der Waals surface area contributed by atoms with Gasteiger partial charge in [-0.3, -0.25) is 9.59 Å². The highest BCUT2D eigenvalue weighted by Gasteiger charge is 2.19. The molecular formula is C16H18N2O5. The second-order valence-electron chi connectivity index (χ2n) is 4.97. The molecule has 0 saturated carbocycles. The number of ether oxygens (including phenoxy) is 2. The molecule has 1 heterocycles. The summed E-state index contributed by atoms with van der Waals surface area (Å²) >= 11 is 0. The zero-order valence-electron chi connectivity index (χ0n) is 13.2. The fourth-order valence-electron chi connectivity index (χ4n) is 1.86. The van der Waals surface area contributed by atoms with Crippen molar-refractivity contribution in [1.29, 1.82) is 0 Å². The highest BCUT2D eigenvalue weighted by Crippen LogP contribution is 2.13. The minimum Gasteiger partial charge on any atom is -0.497 e. The average Bonchev–Trinajstić information content (AvgIpc) is 2.93. The van der Waals surface area contributed by atoms with Gasteiger partial charge >= 0.3 is 5.97 Å². The molecule has 0 aliphatic heterocycles. The number of aryl methyl sites for hydroxylation is 1. The molecule has 7 nitrogen and oxygen atoms in total. The van der Waals surface area contributed by atoms with Crippen molar-refractivity contribution in [3.63, 3.8) is 0 Å². The third-order valence-corrected chi connectivity index (χ3v) is 3.06. The highest BCUT2D eigenvalue weighted by molar-refractivity contribution is 5.94. The Labute approximate surface area is 133 Å². The van der Waals surface area contributed by atoms with Crippen LogP contribution in [0, 0.1) is 6.92 Å². The van der Waals surface area contributed by atoms with Crippen LogP contribution in [-0.4, -0.2) is 30.2 Å². The Morgan fingerprint density at radius 2 is 2.00 bits per heavy atom. The second kappa shape index (κ2) is 7.44. The van der Waals surface area contributed by atoms with E-state index in [1.165, 1.54) is 6.92 Å². The van der Waals surface area contributed by atoms with E-state index in [2.05, 4.69) is 10.5 Å². The molecule has 0 aliphatic carbocycles. The molecule has 23 heavy (non-hydrogen) atoms. The summed E-state index contributed by atoms with van der Waals surface area (Å²) in [5.41, 5.74) is 0.774. The van der Waals surface area contributed by atoms with Gasteiger partial charge in [0.25, 0.3) is 5.91 Å². The molecule has 1 amide bonds. The van der Waals surface area contributed by atoms with Gasteiger partial charge in [0.05, 0.1) is 13.5 Å². The highest BCUT2D eigenvalue weighted by atomic mass is 16.5. The summed E-state index contributed by atoms with van der Waals surface area (Å²) < 4.78 is 15.0. The fourth-order valence-corrected chi connectivity index (χ4v) is 1.86. The third kappa shape index (κ3) is 4.84. The predicted molar refractivity (Wildman–Crippen MR) is 82.1 cm³/mol. The number of carbonyl (C=O) groups excluding carboxylic acids is 2. The number of methoxy groups -OCH3 is 1. The van der Waals surface area contributed by atoms with Crippen LogP contribution in [0.1, 0.15) is 18.2 Å². The number of nitrogens with zero attached hydrogens (tertiary/aromatic N) is 1. The number of benzene rings is 1. The van der Waals surface area contributed by atoms with Gasteiger partial charge in [0.15, 0.2) is 11.9 Å². The third-order valence-electron chi connectivity index (χ3n) is 3.06. The van der Waals surface area contributed by atoms with Gasteiger partial charge in [0, 0.05) is 6.07 Å². The number of carbonyl (C=O) groups is 2. The summed E-state index contributed by atoms with van der Waals surface area (Å²) in [7, 11) is 1.57. The van der Waals surface area contributed by atoms with E-state index >= 15 is 0 Å². The van der Waals surface area contributed by atoms with Gasteiger partial charge in [-0.1, -0.05) is 17.3 Å². The van der Waals surface area contributed by atoms with E-state index in [1.54, 1.807) is 44.4 Å². The van der Waals surface area contributed by atoms with E-state index in [1.807, 2.05) is 0 Å². The average molecular weight is 318 g/mol. The van der Waals surface area contributed by atoms with Crippen molar-refractivity contribution in [2.45, 2.75) is 26.4 Å². The second-order valence-corrected chi connectivity index (χ2v) is 4.97. The van der Waals surface area contributed by atoms with E-state index in [-0.39, 0.29) is 12.2 Å². The van der Waals surface area contributed by atoms with Crippen LogP contribution in [0.5, 0.6) is 5.75 Å². The fraction of sp³-hybridized carbons (Fsp3) is 0.312. The molecule has 122 valence electrons. The molecule has 0 aliphatic rings. The molecule has 1 aromatic heterocycles. The minimum atomic E-state index is -0.933. The monoisotopic (exact) mass is 318 g/mol. The van der Waals surface area contributed by atoms with E-state index < -0.39 is 18.0 Å². The first-order valence-electron chi connectivity index (χ1n) is 7.04. The maximum Gasteiger partial charge on any atom is 0.311 e. The number of hydrogen-bond donors (Lipinski definition) is 1. The van der Waals surface area contributed by atoms with E-state index in [0.717, 1.165) is 5.56 Å². The van der Waals surface area contributed by atoms with Crippen LogP contribution >= 0.6 is 0 Å². The first kappa shape index (κ1) is 16.5. The van der Waals surface area contributed by atoms with Crippen LogP contribution in [0.4, 0.5) is 5.82 Å². The van der Waals surface area contributed by atoms with Gasteiger partial charge in [-0.2, -0.15) is 0 Å². The van der Waals surface area contributed by atoms with Crippen molar-refractivity contribution in [3.05, 3.63) is 41.7 Å². The number of esters is 1. The number of nitrogens with one attached hydrogen (secondary N) is 1. The Kier molecular flexibility index (Phi) is 5.35. The summed E-state index contributed by atoms with van der Waals surface area (Å²) in [5.74, 6) is 0.600. The first-order chi connectivity index (χ1) is 11.0. The van der Waals surface area contributed by atoms with Crippen molar-refractivity contribution in [2.75, 3.05) is 12.4 Å². The summed E-state index contributed by atoms with van der Waals surface area (Å²) in [5, 5.41) is 6.15. The number of amides is 1. The maximum atomic E-state index is 11.9. The lowest BCUT2D eigenvalue weighted by Gasteiger charge is -2.12. The number of hydrogen-bond acceptors (Lipinski definition) is 6. The molecule has 1 aromatic carbocycles. The van der Waals surface area contributed by atoms with Gasteiger partial charge in [-0.15, -0.1) is 0 Å². The zero-order chi connectivity index (χ0) is 16.8. The van der Waals surface area contributed by atoms with Crippen molar-refractivity contribution in [3.8, 4) is 5.75 Å². The standard InChI is InChI=1S/C16H18N2O5/c1-10-8-14(18-23-10)17-16(20)11(2)22-15(19)9-12-4-6-13(21-3)7-5-12/h4-8,11H,9H2,1-3H3,(H,17,18,20)/t11-/m1/s1. The first-order valence-corrected chi connectivity index (χ1v) is 7.04. The molecule has 0 spiro atoms. The van der Waals surface area contributed by atoms with Crippen LogP contribution in [0.2, 0.25) is 0 Å². The van der Waals surface area contributed by atoms with Crippen LogP contribution < -0.4 is 10.1 Å². The van der Waals surface area contributed by atoms with E-state index in [0.29, 0.717) is 11.5 Å². The van der Waals surface area contributed by atoms with Crippen molar-refractivity contribution >= 4 is 17.7 Å². The van der Waals surface area contributed by atoms with Crippen molar-refractivity contribution in [2.24, 2.45) is 0 Å². The molecule has 0 radical (unpaired) electrons. The molecular weight excluding hydrogens is 300 g/mol. The summed E-state index contributed by atoms with van der Waals surface area (Å²) in [4.78, 5) is 23.8. The number of aromatic nitrogens is 1. The number of anilines is 1. The Morgan fingerprint density at radius 1 is 1.30 bits per heavy atom. The van der Waals surface area contributed by atoms with E-state index in [4.69, 9.17) is 14.0 Å². The van der Waals surface area contributed by atoms with Gasteiger partial charge < -0.3 is 19.3 Å². The molecule has 2 aromatic rings. The van der Waals surface area contributed by atoms with Gasteiger partial charge in [0.1, 0.15) is 11.5 Å². The summed E-state index contributed by atoms with van der Waals surface area (Å²) in [6.07, 6.45) is -0.859. The Hall–Kier alpha value is -2.83. The lowest BCUT2D eigenvalue weighted by molar-refractivity contribution is -0.152. The Morgan fingerprint density at radius 3 is 2.57 bits per heavy atom. The van der Waals surface area contributed by atoms with E-state index in [9.17, 15) is 9.59 Å². The van der Waals surface area contributed by atoms with Crippen molar-refractivity contribution in [1.82, 2.24) is 5.16 Å². The number of rotatable bonds is 6.